The SMILES string of the molecule is CCNCC1CCN(C(=O)C2CSCCS2)CC1.Cl. The van der Waals surface area contributed by atoms with Crippen LogP contribution in [0.15, 0.2) is 0 Å². The highest BCUT2D eigenvalue weighted by Gasteiger charge is 2.29. The normalized spacial score (nSPS) is 24.9. The molecule has 0 radical (unpaired) electrons. The predicted molar refractivity (Wildman–Crippen MR) is 88.7 cm³/mol. The van der Waals surface area contributed by atoms with Crippen LogP contribution in [0.3, 0.4) is 0 Å². The number of hydrogen-bond donors (Lipinski definition) is 1. The van der Waals surface area contributed by atoms with E-state index in [1.165, 1.54) is 18.6 Å². The van der Waals surface area contributed by atoms with Crippen molar-refractivity contribution in [3.63, 3.8) is 0 Å². The third-order valence-electron chi connectivity index (χ3n) is 3.70. The summed E-state index contributed by atoms with van der Waals surface area (Å²) in [6, 6.07) is 0. The Morgan fingerprint density at radius 1 is 1.32 bits per heavy atom. The molecule has 2 fully saturated rings. The van der Waals surface area contributed by atoms with Crippen molar-refractivity contribution in [2.45, 2.75) is 25.0 Å². The highest BCUT2D eigenvalue weighted by Crippen LogP contribution is 2.27. The van der Waals surface area contributed by atoms with Gasteiger partial charge in [-0.15, -0.1) is 24.2 Å². The van der Waals surface area contributed by atoms with Crippen LogP contribution in [0, 0.1) is 5.92 Å². The Balaban J connectivity index is 0.00000180. The number of nitrogens with one attached hydrogen (secondary N) is 1. The molecule has 0 aromatic heterocycles. The van der Waals surface area contributed by atoms with Crippen molar-refractivity contribution in [2.24, 2.45) is 5.92 Å². The van der Waals surface area contributed by atoms with Crippen LogP contribution in [0.25, 0.3) is 0 Å². The van der Waals surface area contributed by atoms with Crippen molar-refractivity contribution in [3.05, 3.63) is 0 Å². The number of halogens is 1. The van der Waals surface area contributed by atoms with Crippen LogP contribution in [0.2, 0.25) is 0 Å². The molecule has 0 bridgehead atoms. The molecule has 2 heterocycles. The Morgan fingerprint density at radius 3 is 2.63 bits per heavy atom. The molecule has 0 spiro atoms. The summed E-state index contributed by atoms with van der Waals surface area (Å²) in [5.74, 6) is 4.52. The molecule has 1 unspecified atom stereocenters. The van der Waals surface area contributed by atoms with Crippen molar-refractivity contribution in [1.82, 2.24) is 10.2 Å². The van der Waals surface area contributed by atoms with E-state index in [2.05, 4.69) is 17.1 Å². The Morgan fingerprint density at radius 2 is 2.05 bits per heavy atom. The summed E-state index contributed by atoms with van der Waals surface area (Å²) in [5, 5.41) is 3.65. The molecule has 0 aromatic rings. The Kier molecular flexibility index (Phi) is 8.62. The Labute approximate surface area is 131 Å². The predicted octanol–water partition coefficient (Wildman–Crippen LogP) is 2.10. The fraction of sp³-hybridized carbons (Fsp3) is 0.923. The van der Waals surface area contributed by atoms with E-state index in [0.717, 1.165) is 43.6 Å². The number of amides is 1. The summed E-state index contributed by atoms with van der Waals surface area (Å²) in [6.07, 6.45) is 2.34. The number of likely N-dealkylation sites (tertiary alicyclic amines) is 1. The molecule has 0 aromatic carbocycles. The van der Waals surface area contributed by atoms with Crippen molar-refractivity contribution >= 4 is 41.8 Å². The van der Waals surface area contributed by atoms with Crippen molar-refractivity contribution < 1.29 is 4.79 Å². The maximum atomic E-state index is 12.3. The van der Waals surface area contributed by atoms with Gasteiger partial charge in [0.1, 0.15) is 0 Å². The van der Waals surface area contributed by atoms with E-state index in [-0.39, 0.29) is 17.7 Å². The zero-order valence-corrected chi connectivity index (χ0v) is 14.0. The molecule has 1 N–H and O–H groups in total. The first-order chi connectivity index (χ1) is 8.81. The largest absolute Gasteiger partial charge is 0.342 e. The molecule has 3 nitrogen and oxygen atoms in total. The minimum Gasteiger partial charge on any atom is -0.342 e. The fourth-order valence-electron chi connectivity index (χ4n) is 2.54. The third-order valence-corrected chi connectivity index (χ3v) is 6.44. The highest BCUT2D eigenvalue weighted by molar-refractivity contribution is 8.07. The first kappa shape index (κ1) is 17.5. The Bertz CT molecular complexity index is 267. The number of hydrogen-bond acceptors (Lipinski definition) is 4. The molecule has 0 aliphatic carbocycles. The number of carbonyl (C=O) groups is 1. The summed E-state index contributed by atoms with van der Waals surface area (Å²) in [4.78, 5) is 14.5. The lowest BCUT2D eigenvalue weighted by molar-refractivity contribution is -0.131. The molecule has 112 valence electrons. The molecule has 2 saturated heterocycles. The summed E-state index contributed by atoms with van der Waals surface area (Å²) in [7, 11) is 0. The third kappa shape index (κ3) is 5.37. The molecule has 2 aliphatic rings. The molecular weight excluding hydrogens is 300 g/mol. The fourth-order valence-corrected chi connectivity index (χ4v) is 5.17. The van der Waals surface area contributed by atoms with E-state index in [1.807, 2.05) is 23.5 Å². The van der Waals surface area contributed by atoms with Gasteiger partial charge >= 0.3 is 0 Å². The van der Waals surface area contributed by atoms with Gasteiger partial charge in [-0.25, -0.2) is 0 Å². The molecular formula is C13H25ClN2OS2. The smallest absolute Gasteiger partial charge is 0.236 e. The molecule has 19 heavy (non-hydrogen) atoms. The molecule has 1 atom stereocenters. The monoisotopic (exact) mass is 324 g/mol. The summed E-state index contributed by atoms with van der Waals surface area (Å²) < 4.78 is 0. The summed E-state index contributed by atoms with van der Waals surface area (Å²) in [5.41, 5.74) is 0. The lowest BCUT2D eigenvalue weighted by Gasteiger charge is -2.35. The van der Waals surface area contributed by atoms with Gasteiger partial charge in [0.25, 0.3) is 0 Å². The number of piperidine rings is 1. The van der Waals surface area contributed by atoms with Gasteiger partial charge in [-0.3, -0.25) is 4.79 Å². The van der Waals surface area contributed by atoms with E-state index < -0.39 is 0 Å². The molecule has 1 amide bonds. The second-order valence-corrected chi connectivity index (χ2v) is 7.47. The van der Waals surface area contributed by atoms with Gasteiger partial charge in [-0.2, -0.15) is 11.8 Å². The van der Waals surface area contributed by atoms with Gasteiger partial charge in [0, 0.05) is 30.3 Å². The van der Waals surface area contributed by atoms with E-state index in [9.17, 15) is 4.79 Å². The molecule has 0 saturated carbocycles. The maximum absolute atomic E-state index is 12.3. The van der Waals surface area contributed by atoms with Crippen LogP contribution in [0.5, 0.6) is 0 Å². The van der Waals surface area contributed by atoms with E-state index in [4.69, 9.17) is 0 Å². The second-order valence-electron chi connectivity index (χ2n) is 5.01. The quantitative estimate of drug-likeness (QED) is 0.858. The van der Waals surface area contributed by atoms with Gasteiger partial charge in [-0.1, -0.05) is 6.92 Å². The first-order valence-electron chi connectivity index (χ1n) is 7.00. The molecule has 2 aliphatic heterocycles. The van der Waals surface area contributed by atoms with Gasteiger partial charge in [-0.05, 0) is 31.8 Å². The standard InChI is InChI=1S/C13H24N2OS2.ClH/c1-2-14-9-11-3-5-15(6-4-11)13(16)12-10-17-7-8-18-12;/h11-12,14H,2-10H2,1H3;1H. The molecule has 2 rings (SSSR count). The van der Waals surface area contributed by atoms with Crippen LogP contribution < -0.4 is 5.32 Å². The summed E-state index contributed by atoms with van der Waals surface area (Å²) >= 11 is 3.78. The van der Waals surface area contributed by atoms with E-state index in [0.29, 0.717) is 5.91 Å². The minimum absolute atomic E-state index is 0. The van der Waals surface area contributed by atoms with Crippen LogP contribution in [0.1, 0.15) is 19.8 Å². The molecule has 6 heteroatoms. The van der Waals surface area contributed by atoms with Crippen molar-refractivity contribution in [2.75, 3.05) is 43.4 Å². The average Bonchev–Trinajstić information content (AvgIpc) is 2.46. The lowest BCUT2D eigenvalue weighted by atomic mass is 9.96. The number of nitrogens with zero attached hydrogens (tertiary/aromatic N) is 1. The zero-order chi connectivity index (χ0) is 12.8. The van der Waals surface area contributed by atoms with E-state index in [1.54, 1.807) is 0 Å². The van der Waals surface area contributed by atoms with Gasteiger partial charge in [0.05, 0.1) is 5.25 Å². The minimum atomic E-state index is 0. The highest BCUT2D eigenvalue weighted by atomic mass is 35.5. The average molecular weight is 325 g/mol. The van der Waals surface area contributed by atoms with Crippen LogP contribution in [-0.2, 0) is 4.79 Å². The number of carbonyl (C=O) groups excluding carboxylic acids is 1. The Hall–Kier alpha value is 0.420. The first-order valence-corrected chi connectivity index (χ1v) is 9.20. The number of rotatable bonds is 4. The maximum Gasteiger partial charge on any atom is 0.236 e. The van der Waals surface area contributed by atoms with Crippen LogP contribution in [0.4, 0.5) is 0 Å². The lowest BCUT2D eigenvalue weighted by Crippen LogP contribution is -2.45. The topological polar surface area (TPSA) is 32.3 Å². The summed E-state index contributed by atoms with van der Waals surface area (Å²) in [6.45, 7) is 6.26. The second kappa shape index (κ2) is 9.37. The van der Waals surface area contributed by atoms with Crippen LogP contribution >= 0.6 is 35.9 Å². The van der Waals surface area contributed by atoms with Gasteiger partial charge < -0.3 is 10.2 Å². The van der Waals surface area contributed by atoms with Crippen molar-refractivity contribution in [3.8, 4) is 0 Å². The van der Waals surface area contributed by atoms with Gasteiger partial charge in [0.2, 0.25) is 5.91 Å². The van der Waals surface area contributed by atoms with E-state index >= 15 is 0 Å². The van der Waals surface area contributed by atoms with Crippen molar-refractivity contribution in [1.29, 1.82) is 0 Å². The number of thioether (sulfide) groups is 2. The van der Waals surface area contributed by atoms with Crippen LogP contribution in [-0.4, -0.2) is 59.5 Å². The zero-order valence-electron chi connectivity index (χ0n) is 11.6. The van der Waals surface area contributed by atoms with Gasteiger partial charge in [0.15, 0.2) is 0 Å².